The van der Waals surface area contributed by atoms with E-state index in [-0.39, 0.29) is 0 Å². The molecule has 1 atom stereocenters. The molecular formula is C16H20NO2+. The maximum absolute atomic E-state index is 5.36. The summed E-state index contributed by atoms with van der Waals surface area (Å²) in [5.41, 5.74) is 1.27. The van der Waals surface area contributed by atoms with Crippen LogP contribution in [0.1, 0.15) is 23.8 Å². The van der Waals surface area contributed by atoms with E-state index >= 15 is 0 Å². The molecule has 0 bridgehead atoms. The van der Waals surface area contributed by atoms with Gasteiger partial charge in [0.1, 0.15) is 18.3 Å². The number of hydrogen-bond donors (Lipinski definition) is 1. The van der Waals surface area contributed by atoms with E-state index < -0.39 is 0 Å². The Balaban J connectivity index is 2.03. The molecule has 0 aliphatic rings. The highest BCUT2D eigenvalue weighted by Crippen LogP contribution is 2.17. The van der Waals surface area contributed by atoms with E-state index in [1.807, 2.05) is 30.3 Å². The van der Waals surface area contributed by atoms with Gasteiger partial charge in [0.15, 0.2) is 5.76 Å². The molecule has 1 heterocycles. The Labute approximate surface area is 113 Å². The molecule has 0 saturated heterocycles. The van der Waals surface area contributed by atoms with Gasteiger partial charge in [0.05, 0.1) is 13.4 Å². The molecule has 19 heavy (non-hydrogen) atoms. The van der Waals surface area contributed by atoms with Gasteiger partial charge in [-0.05, 0) is 36.4 Å². The lowest BCUT2D eigenvalue weighted by atomic mass is 10.0. The highest BCUT2D eigenvalue weighted by molar-refractivity contribution is 5.28. The zero-order valence-electron chi connectivity index (χ0n) is 11.2. The first-order valence-electron chi connectivity index (χ1n) is 6.44. The van der Waals surface area contributed by atoms with Gasteiger partial charge >= 0.3 is 0 Å². The zero-order chi connectivity index (χ0) is 13.5. The number of benzene rings is 1. The van der Waals surface area contributed by atoms with Crippen LogP contribution in [0.5, 0.6) is 5.75 Å². The van der Waals surface area contributed by atoms with Crippen molar-refractivity contribution in [2.45, 2.75) is 19.0 Å². The van der Waals surface area contributed by atoms with E-state index in [0.717, 1.165) is 24.5 Å². The SMILES string of the molecule is C=CC[C@H]([NH2+]Cc1ccco1)c1ccc(OC)cc1. The Kier molecular flexibility index (Phi) is 4.81. The van der Waals surface area contributed by atoms with Gasteiger partial charge in [-0.25, -0.2) is 0 Å². The number of nitrogens with two attached hydrogens (primary N) is 1. The molecule has 3 heteroatoms. The van der Waals surface area contributed by atoms with Crippen LogP contribution in [0.2, 0.25) is 0 Å². The van der Waals surface area contributed by atoms with Crippen molar-refractivity contribution in [3.63, 3.8) is 0 Å². The van der Waals surface area contributed by atoms with Crippen molar-refractivity contribution in [2.24, 2.45) is 0 Å². The first-order valence-corrected chi connectivity index (χ1v) is 6.44. The summed E-state index contributed by atoms with van der Waals surface area (Å²) in [4.78, 5) is 0. The summed E-state index contributed by atoms with van der Waals surface area (Å²) in [5, 5.41) is 2.27. The maximum Gasteiger partial charge on any atom is 0.157 e. The smallest absolute Gasteiger partial charge is 0.157 e. The quantitative estimate of drug-likeness (QED) is 0.775. The second-order valence-corrected chi connectivity index (χ2v) is 4.42. The lowest BCUT2D eigenvalue weighted by Crippen LogP contribution is -2.83. The summed E-state index contributed by atoms with van der Waals surface area (Å²) in [5.74, 6) is 1.87. The van der Waals surface area contributed by atoms with Crippen molar-refractivity contribution >= 4 is 0 Å². The molecular weight excluding hydrogens is 238 g/mol. The molecule has 0 saturated carbocycles. The Bertz CT molecular complexity index is 488. The molecule has 0 aliphatic heterocycles. The average Bonchev–Trinajstić information content (AvgIpc) is 2.97. The molecule has 0 aliphatic carbocycles. The highest BCUT2D eigenvalue weighted by atomic mass is 16.5. The van der Waals surface area contributed by atoms with Crippen molar-refractivity contribution in [1.82, 2.24) is 0 Å². The van der Waals surface area contributed by atoms with Crippen LogP contribution in [-0.4, -0.2) is 7.11 Å². The molecule has 0 unspecified atom stereocenters. The Morgan fingerprint density at radius 2 is 2.11 bits per heavy atom. The van der Waals surface area contributed by atoms with Gasteiger partial charge in [-0.1, -0.05) is 6.08 Å². The summed E-state index contributed by atoms with van der Waals surface area (Å²) < 4.78 is 10.5. The normalized spacial score (nSPS) is 12.1. The number of ether oxygens (including phenoxy) is 1. The van der Waals surface area contributed by atoms with Crippen LogP contribution in [0.4, 0.5) is 0 Å². The standard InChI is InChI=1S/C16H19NO2/c1-3-5-16(17-12-15-6-4-11-19-15)13-7-9-14(18-2)10-8-13/h3-4,6-11,16-17H,1,5,12H2,2H3/p+1/t16-/m0/s1. The summed E-state index contributed by atoms with van der Waals surface area (Å²) >= 11 is 0. The van der Waals surface area contributed by atoms with Crippen LogP contribution >= 0.6 is 0 Å². The maximum atomic E-state index is 5.36. The van der Waals surface area contributed by atoms with Gasteiger partial charge in [0.25, 0.3) is 0 Å². The first kappa shape index (κ1) is 13.4. The fourth-order valence-corrected chi connectivity index (χ4v) is 2.09. The number of rotatable bonds is 7. The topological polar surface area (TPSA) is 39.0 Å². The number of methoxy groups -OCH3 is 1. The van der Waals surface area contributed by atoms with Gasteiger partial charge in [-0.15, -0.1) is 6.58 Å². The van der Waals surface area contributed by atoms with E-state index in [1.54, 1.807) is 13.4 Å². The minimum atomic E-state index is 0.355. The highest BCUT2D eigenvalue weighted by Gasteiger charge is 2.13. The fraction of sp³-hybridized carbons (Fsp3) is 0.250. The van der Waals surface area contributed by atoms with Crippen molar-refractivity contribution in [2.75, 3.05) is 7.11 Å². The fourth-order valence-electron chi connectivity index (χ4n) is 2.09. The lowest BCUT2D eigenvalue weighted by Gasteiger charge is -2.14. The zero-order valence-corrected chi connectivity index (χ0v) is 11.2. The first-order chi connectivity index (χ1) is 9.33. The molecule has 100 valence electrons. The molecule has 0 amide bonds. The minimum Gasteiger partial charge on any atom is -0.497 e. The lowest BCUT2D eigenvalue weighted by molar-refractivity contribution is -0.712. The summed E-state index contributed by atoms with van der Waals surface area (Å²) in [6.07, 6.45) is 4.58. The molecule has 2 aromatic rings. The number of furan rings is 1. The van der Waals surface area contributed by atoms with Gasteiger partial charge in [-0.2, -0.15) is 0 Å². The molecule has 0 fully saturated rings. The molecule has 2 rings (SSSR count). The third kappa shape index (κ3) is 3.73. The van der Waals surface area contributed by atoms with E-state index in [0.29, 0.717) is 6.04 Å². The Hall–Kier alpha value is -2.00. The Morgan fingerprint density at radius 3 is 2.68 bits per heavy atom. The van der Waals surface area contributed by atoms with Crippen LogP contribution in [0.3, 0.4) is 0 Å². The number of hydrogen-bond acceptors (Lipinski definition) is 2. The second-order valence-electron chi connectivity index (χ2n) is 4.42. The van der Waals surface area contributed by atoms with Crippen molar-refractivity contribution in [3.8, 4) is 5.75 Å². The summed E-state index contributed by atoms with van der Waals surface area (Å²) in [7, 11) is 1.68. The summed E-state index contributed by atoms with van der Waals surface area (Å²) in [6.45, 7) is 4.67. The number of quaternary nitrogens is 1. The predicted molar refractivity (Wildman–Crippen MR) is 74.9 cm³/mol. The van der Waals surface area contributed by atoms with Crippen LogP contribution < -0.4 is 10.1 Å². The van der Waals surface area contributed by atoms with Crippen molar-refractivity contribution < 1.29 is 14.5 Å². The molecule has 2 N–H and O–H groups in total. The van der Waals surface area contributed by atoms with E-state index in [4.69, 9.17) is 9.15 Å². The minimum absolute atomic E-state index is 0.355. The van der Waals surface area contributed by atoms with Gasteiger partial charge in [-0.3, -0.25) is 0 Å². The molecule has 1 aromatic carbocycles. The molecule has 3 nitrogen and oxygen atoms in total. The van der Waals surface area contributed by atoms with Gasteiger partial charge in [0, 0.05) is 12.0 Å². The summed E-state index contributed by atoms with van der Waals surface area (Å²) in [6, 6.07) is 12.5. The van der Waals surface area contributed by atoms with E-state index in [9.17, 15) is 0 Å². The molecule has 0 spiro atoms. The van der Waals surface area contributed by atoms with E-state index in [2.05, 4.69) is 24.0 Å². The van der Waals surface area contributed by atoms with Crippen LogP contribution in [0.25, 0.3) is 0 Å². The van der Waals surface area contributed by atoms with Crippen molar-refractivity contribution in [1.29, 1.82) is 0 Å². The second kappa shape index (κ2) is 6.81. The third-order valence-electron chi connectivity index (χ3n) is 3.15. The Morgan fingerprint density at radius 1 is 1.32 bits per heavy atom. The van der Waals surface area contributed by atoms with Gasteiger partial charge < -0.3 is 14.5 Å². The third-order valence-corrected chi connectivity index (χ3v) is 3.15. The van der Waals surface area contributed by atoms with Crippen molar-refractivity contribution in [3.05, 3.63) is 66.6 Å². The van der Waals surface area contributed by atoms with Crippen LogP contribution in [0.15, 0.2) is 59.7 Å². The molecule has 1 aromatic heterocycles. The average molecular weight is 258 g/mol. The van der Waals surface area contributed by atoms with Crippen LogP contribution in [-0.2, 0) is 6.54 Å². The predicted octanol–water partition coefficient (Wildman–Crippen LogP) is 2.67. The monoisotopic (exact) mass is 258 g/mol. The van der Waals surface area contributed by atoms with E-state index in [1.165, 1.54) is 5.56 Å². The largest absolute Gasteiger partial charge is 0.497 e. The van der Waals surface area contributed by atoms with Gasteiger partial charge in [0.2, 0.25) is 0 Å². The van der Waals surface area contributed by atoms with Crippen LogP contribution in [0, 0.1) is 0 Å². The molecule has 0 radical (unpaired) electrons.